The number of carboxylic acid groups (broad SMARTS) is 1. The van der Waals surface area contributed by atoms with Gasteiger partial charge in [0.2, 0.25) is 0 Å². The van der Waals surface area contributed by atoms with Crippen molar-refractivity contribution < 1.29 is 9.90 Å². The number of hydrogen-bond donors (Lipinski definition) is 2. The highest BCUT2D eigenvalue weighted by Gasteiger charge is 2.12. The fraction of sp³-hybridized carbons (Fsp3) is 0.533. The van der Waals surface area contributed by atoms with Crippen molar-refractivity contribution in [3.8, 4) is 0 Å². The normalized spacial score (nSPS) is 12.3. The number of rotatable bonds is 9. The van der Waals surface area contributed by atoms with Crippen LogP contribution in [0.4, 0.5) is 0 Å². The van der Waals surface area contributed by atoms with Gasteiger partial charge in [-0.1, -0.05) is 50.1 Å². The van der Waals surface area contributed by atoms with E-state index in [1.54, 1.807) is 0 Å². The third-order valence-electron chi connectivity index (χ3n) is 2.96. The zero-order valence-electron chi connectivity index (χ0n) is 11.1. The van der Waals surface area contributed by atoms with Crippen molar-refractivity contribution in [3.63, 3.8) is 0 Å². The van der Waals surface area contributed by atoms with Crippen molar-refractivity contribution in [1.29, 1.82) is 0 Å². The van der Waals surface area contributed by atoms with Crippen LogP contribution in [0.25, 0.3) is 0 Å². The summed E-state index contributed by atoms with van der Waals surface area (Å²) in [6, 6.07) is 10.1. The summed E-state index contributed by atoms with van der Waals surface area (Å²) in [5.74, 6) is -0.737. The predicted octanol–water partition coefficient (Wildman–Crippen LogP) is 2.85. The molecular formula is C15H23NO2. The van der Waals surface area contributed by atoms with Crippen molar-refractivity contribution in [1.82, 2.24) is 5.32 Å². The summed E-state index contributed by atoms with van der Waals surface area (Å²) in [5.41, 5.74) is 1.19. The van der Waals surface area contributed by atoms with Crippen LogP contribution >= 0.6 is 0 Å². The molecule has 1 atom stereocenters. The zero-order valence-corrected chi connectivity index (χ0v) is 11.1. The molecule has 100 valence electrons. The molecule has 0 amide bonds. The van der Waals surface area contributed by atoms with E-state index < -0.39 is 5.97 Å². The number of nitrogens with one attached hydrogen (secondary N) is 1. The lowest BCUT2D eigenvalue weighted by Gasteiger charge is -2.17. The molecule has 0 bridgehead atoms. The molecule has 0 spiro atoms. The van der Waals surface area contributed by atoms with Crippen LogP contribution in [0.3, 0.4) is 0 Å². The molecule has 0 aliphatic rings. The first-order valence-electron chi connectivity index (χ1n) is 6.71. The third-order valence-corrected chi connectivity index (χ3v) is 2.96. The molecule has 0 aliphatic heterocycles. The van der Waals surface area contributed by atoms with Gasteiger partial charge in [0.15, 0.2) is 0 Å². The topological polar surface area (TPSA) is 49.3 Å². The van der Waals surface area contributed by atoms with Crippen molar-refractivity contribution in [2.24, 2.45) is 0 Å². The van der Waals surface area contributed by atoms with Crippen molar-refractivity contribution in [2.75, 3.05) is 6.54 Å². The van der Waals surface area contributed by atoms with Gasteiger partial charge >= 0.3 is 5.97 Å². The number of carbonyl (C=O) groups is 1. The monoisotopic (exact) mass is 249 g/mol. The molecule has 0 radical (unpaired) electrons. The molecule has 0 aromatic heterocycles. The highest BCUT2D eigenvalue weighted by atomic mass is 16.4. The molecule has 0 fully saturated rings. The summed E-state index contributed by atoms with van der Waals surface area (Å²) in [6.07, 6.45) is 4.45. The summed E-state index contributed by atoms with van der Waals surface area (Å²) < 4.78 is 0. The number of carboxylic acids is 1. The molecule has 1 aromatic carbocycles. The van der Waals surface area contributed by atoms with Crippen LogP contribution in [0.1, 0.15) is 38.2 Å². The second-order valence-corrected chi connectivity index (χ2v) is 4.65. The summed E-state index contributed by atoms with van der Waals surface area (Å²) >= 11 is 0. The molecule has 1 unspecified atom stereocenters. The fourth-order valence-corrected chi connectivity index (χ4v) is 2.01. The van der Waals surface area contributed by atoms with E-state index in [-0.39, 0.29) is 12.5 Å². The van der Waals surface area contributed by atoms with Crippen LogP contribution in [0.2, 0.25) is 0 Å². The van der Waals surface area contributed by atoms with Gasteiger partial charge in [0.05, 0.1) is 6.42 Å². The first-order valence-corrected chi connectivity index (χ1v) is 6.71. The Hall–Kier alpha value is -1.35. The standard InChI is InChI=1S/C15H23NO2/c1-2-3-7-10-16-14(12-15(17)18)11-13-8-5-4-6-9-13/h4-6,8-9,14,16H,2-3,7,10-12H2,1H3,(H,17,18). The lowest BCUT2D eigenvalue weighted by atomic mass is 10.0. The van der Waals surface area contributed by atoms with E-state index in [9.17, 15) is 4.79 Å². The van der Waals surface area contributed by atoms with Crippen molar-refractivity contribution in [2.45, 2.75) is 45.1 Å². The fourth-order valence-electron chi connectivity index (χ4n) is 2.01. The Labute approximate surface area is 109 Å². The van der Waals surface area contributed by atoms with Gasteiger partial charge in [-0.2, -0.15) is 0 Å². The summed E-state index contributed by atoms with van der Waals surface area (Å²) in [4.78, 5) is 10.8. The van der Waals surface area contributed by atoms with Crippen LogP contribution in [-0.4, -0.2) is 23.7 Å². The van der Waals surface area contributed by atoms with E-state index in [1.165, 1.54) is 18.4 Å². The summed E-state index contributed by atoms with van der Waals surface area (Å²) in [6.45, 7) is 3.07. The predicted molar refractivity (Wildman–Crippen MR) is 73.7 cm³/mol. The smallest absolute Gasteiger partial charge is 0.304 e. The molecular weight excluding hydrogens is 226 g/mol. The maximum Gasteiger partial charge on any atom is 0.304 e. The molecule has 18 heavy (non-hydrogen) atoms. The van der Waals surface area contributed by atoms with Gasteiger partial charge in [0, 0.05) is 6.04 Å². The van der Waals surface area contributed by atoms with Gasteiger partial charge in [-0.3, -0.25) is 4.79 Å². The molecule has 0 heterocycles. The quantitative estimate of drug-likeness (QED) is 0.662. The SMILES string of the molecule is CCCCCNC(CC(=O)O)Cc1ccccc1. The highest BCUT2D eigenvalue weighted by molar-refractivity contribution is 5.67. The minimum atomic E-state index is -0.737. The van der Waals surface area contributed by atoms with Crippen LogP contribution in [0.15, 0.2) is 30.3 Å². The highest BCUT2D eigenvalue weighted by Crippen LogP contribution is 2.06. The van der Waals surface area contributed by atoms with Gasteiger partial charge in [0.25, 0.3) is 0 Å². The number of benzene rings is 1. The second-order valence-electron chi connectivity index (χ2n) is 4.65. The molecule has 1 rings (SSSR count). The molecule has 3 heteroatoms. The molecule has 0 saturated carbocycles. The van der Waals surface area contributed by atoms with E-state index in [0.29, 0.717) is 0 Å². The summed E-state index contributed by atoms with van der Waals surface area (Å²) in [7, 11) is 0. The Morgan fingerprint density at radius 2 is 2.00 bits per heavy atom. The largest absolute Gasteiger partial charge is 0.481 e. The lowest BCUT2D eigenvalue weighted by molar-refractivity contribution is -0.137. The Morgan fingerprint density at radius 1 is 1.28 bits per heavy atom. The Kier molecular flexibility index (Phi) is 7.11. The zero-order chi connectivity index (χ0) is 13.2. The van der Waals surface area contributed by atoms with E-state index in [4.69, 9.17) is 5.11 Å². The average molecular weight is 249 g/mol. The Bertz CT molecular complexity index is 338. The minimum Gasteiger partial charge on any atom is -0.481 e. The second kappa shape index (κ2) is 8.70. The Morgan fingerprint density at radius 3 is 2.61 bits per heavy atom. The van der Waals surface area contributed by atoms with Gasteiger partial charge in [-0.05, 0) is 24.9 Å². The van der Waals surface area contributed by atoms with Crippen molar-refractivity contribution in [3.05, 3.63) is 35.9 Å². The number of hydrogen-bond acceptors (Lipinski definition) is 2. The molecule has 0 aliphatic carbocycles. The van der Waals surface area contributed by atoms with Crippen LogP contribution < -0.4 is 5.32 Å². The van der Waals surface area contributed by atoms with E-state index in [1.807, 2.05) is 30.3 Å². The van der Waals surface area contributed by atoms with Crippen LogP contribution in [0.5, 0.6) is 0 Å². The molecule has 2 N–H and O–H groups in total. The van der Waals surface area contributed by atoms with Gasteiger partial charge < -0.3 is 10.4 Å². The minimum absolute atomic E-state index is 0.0294. The van der Waals surface area contributed by atoms with Crippen LogP contribution in [-0.2, 0) is 11.2 Å². The lowest BCUT2D eigenvalue weighted by Crippen LogP contribution is -2.34. The maximum atomic E-state index is 10.8. The first kappa shape index (κ1) is 14.7. The average Bonchev–Trinajstić information content (AvgIpc) is 2.35. The van der Waals surface area contributed by atoms with Crippen molar-refractivity contribution >= 4 is 5.97 Å². The van der Waals surface area contributed by atoms with Gasteiger partial charge in [-0.15, -0.1) is 0 Å². The van der Waals surface area contributed by atoms with Gasteiger partial charge in [-0.25, -0.2) is 0 Å². The Balaban J connectivity index is 2.42. The van der Waals surface area contributed by atoms with E-state index >= 15 is 0 Å². The maximum absolute atomic E-state index is 10.8. The third kappa shape index (κ3) is 6.40. The van der Waals surface area contributed by atoms with Gasteiger partial charge in [0.1, 0.15) is 0 Å². The van der Waals surface area contributed by atoms with E-state index in [0.717, 1.165) is 19.4 Å². The molecule has 0 saturated heterocycles. The van der Waals surface area contributed by atoms with Crippen LogP contribution in [0, 0.1) is 0 Å². The summed E-state index contributed by atoms with van der Waals surface area (Å²) in [5, 5.41) is 12.3. The molecule has 3 nitrogen and oxygen atoms in total. The number of aliphatic carboxylic acids is 1. The first-order chi connectivity index (χ1) is 8.72. The molecule has 1 aromatic rings. The van der Waals surface area contributed by atoms with E-state index in [2.05, 4.69) is 12.2 Å². The number of unbranched alkanes of at least 4 members (excludes halogenated alkanes) is 2.